The van der Waals surface area contributed by atoms with E-state index in [1.807, 2.05) is 30.3 Å². The SMILES string of the molecule is c1ccc(-c2nc3cc(N(c4ccccc4)c4ccccc4)c4ccc5cc(N(c6ccccc6)c6ccccc6-c6ccccc6)ccc5c4c3o2)cc1. The fourth-order valence-corrected chi connectivity index (χ4v) is 7.74. The topological polar surface area (TPSA) is 32.5 Å². The van der Waals surface area contributed by atoms with E-state index in [0.717, 1.165) is 77.9 Å². The lowest BCUT2D eigenvalue weighted by atomic mass is 9.97. The van der Waals surface area contributed by atoms with Gasteiger partial charge in [-0.25, -0.2) is 4.98 Å². The van der Waals surface area contributed by atoms with Crippen molar-refractivity contribution in [2.45, 2.75) is 0 Å². The van der Waals surface area contributed by atoms with Crippen molar-refractivity contribution >= 4 is 66.8 Å². The molecule has 0 bridgehead atoms. The standard InChI is InChI=1S/C51H35N3O/c1-6-18-36(19-7-1)43-28-16-17-29-47(43)54(41-26-14-5-15-27-41)42-31-33-44-38(34-42)30-32-45-48(53(39-22-10-3-11-23-39)40-24-12-4-13-25-40)35-46-50(49(44)45)55-51(52-46)37-20-8-2-9-21-37/h1-35H. The Morgan fingerprint density at radius 2 is 0.891 bits per heavy atom. The van der Waals surface area contributed by atoms with E-state index >= 15 is 0 Å². The molecular formula is C51H35N3O. The Bertz CT molecular complexity index is 2870. The molecule has 1 heterocycles. The molecule has 0 aliphatic rings. The van der Waals surface area contributed by atoms with E-state index in [1.165, 1.54) is 5.56 Å². The van der Waals surface area contributed by atoms with Crippen LogP contribution in [0.4, 0.5) is 34.1 Å². The third-order valence-electron chi connectivity index (χ3n) is 10.2. The van der Waals surface area contributed by atoms with Gasteiger partial charge in [0.1, 0.15) is 5.52 Å². The van der Waals surface area contributed by atoms with Crippen LogP contribution in [0.3, 0.4) is 0 Å². The van der Waals surface area contributed by atoms with E-state index in [2.05, 4.69) is 192 Å². The molecule has 0 saturated heterocycles. The van der Waals surface area contributed by atoms with Crippen LogP contribution in [-0.2, 0) is 0 Å². The predicted octanol–water partition coefficient (Wildman–Crippen LogP) is 14.4. The average molecular weight is 706 g/mol. The Labute approximate surface area is 319 Å². The molecule has 10 rings (SSSR count). The Balaban J connectivity index is 1.23. The minimum Gasteiger partial charge on any atom is -0.435 e. The van der Waals surface area contributed by atoms with Gasteiger partial charge in [0.15, 0.2) is 5.58 Å². The Kier molecular flexibility index (Phi) is 8.12. The van der Waals surface area contributed by atoms with Gasteiger partial charge in [-0.3, -0.25) is 0 Å². The largest absolute Gasteiger partial charge is 0.435 e. The molecule has 0 fully saturated rings. The maximum atomic E-state index is 6.76. The number of para-hydroxylation sites is 4. The van der Waals surface area contributed by atoms with Crippen LogP contribution in [-0.4, -0.2) is 4.98 Å². The van der Waals surface area contributed by atoms with Crippen LogP contribution in [0, 0.1) is 0 Å². The number of aromatic nitrogens is 1. The molecule has 0 amide bonds. The average Bonchev–Trinajstić information content (AvgIpc) is 3.70. The Hall–Kier alpha value is -7.43. The maximum Gasteiger partial charge on any atom is 0.227 e. The van der Waals surface area contributed by atoms with Crippen molar-refractivity contribution in [1.82, 2.24) is 4.98 Å². The first-order valence-electron chi connectivity index (χ1n) is 18.6. The fourth-order valence-electron chi connectivity index (χ4n) is 7.74. The van der Waals surface area contributed by atoms with Crippen LogP contribution in [0.1, 0.15) is 0 Å². The van der Waals surface area contributed by atoms with E-state index in [-0.39, 0.29) is 0 Å². The van der Waals surface area contributed by atoms with Gasteiger partial charge in [-0.2, -0.15) is 0 Å². The predicted molar refractivity (Wildman–Crippen MR) is 229 cm³/mol. The quantitative estimate of drug-likeness (QED) is 0.147. The van der Waals surface area contributed by atoms with Crippen LogP contribution in [0.25, 0.3) is 55.2 Å². The van der Waals surface area contributed by atoms with Crippen molar-refractivity contribution in [1.29, 1.82) is 0 Å². The second-order valence-corrected chi connectivity index (χ2v) is 13.6. The maximum absolute atomic E-state index is 6.76. The van der Waals surface area contributed by atoms with E-state index in [9.17, 15) is 0 Å². The van der Waals surface area contributed by atoms with Gasteiger partial charge in [0.2, 0.25) is 5.89 Å². The smallest absolute Gasteiger partial charge is 0.227 e. The third-order valence-corrected chi connectivity index (χ3v) is 10.2. The van der Waals surface area contributed by atoms with Gasteiger partial charge in [-0.15, -0.1) is 0 Å². The zero-order valence-electron chi connectivity index (χ0n) is 30.0. The lowest BCUT2D eigenvalue weighted by molar-refractivity contribution is 0.623. The van der Waals surface area contributed by atoms with E-state index < -0.39 is 0 Å². The lowest BCUT2D eigenvalue weighted by Gasteiger charge is -2.28. The number of oxazole rings is 1. The molecule has 0 N–H and O–H groups in total. The monoisotopic (exact) mass is 705 g/mol. The molecule has 4 nitrogen and oxygen atoms in total. The molecule has 4 heteroatoms. The molecule has 55 heavy (non-hydrogen) atoms. The first-order valence-corrected chi connectivity index (χ1v) is 18.6. The van der Waals surface area contributed by atoms with E-state index in [1.54, 1.807) is 0 Å². The van der Waals surface area contributed by atoms with E-state index in [4.69, 9.17) is 9.40 Å². The molecule has 0 saturated carbocycles. The normalized spacial score (nSPS) is 11.3. The summed E-state index contributed by atoms with van der Waals surface area (Å²) in [6, 6.07) is 74.5. The molecule has 1 aromatic heterocycles. The number of rotatable bonds is 8. The highest BCUT2D eigenvalue weighted by Gasteiger charge is 2.23. The zero-order chi connectivity index (χ0) is 36.6. The molecule has 9 aromatic carbocycles. The van der Waals surface area contributed by atoms with E-state index in [0.29, 0.717) is 5.89 Å². The van der Waals surface area contributed by atoms with Gasteiger partial charge in [-0.05, 0) is 89.1 Å². The summed E-state index contributed by atoms with van der Waals surface area (Å²) in [6.07, 6.45) is 0. The first kappa shape index (κ1) is 32.2. The van der Waals surface area contributed by atoms with Crippen molar-refractivity contribution in [3.8, 4) is 22.6 Å². The molecule has 0 radical (unpaired) electrons. The van der Waals surface area contributed by atoms with Crippen molar-refractivity contribution in [2.24, 2.45) is 0 Å². The lowest BCUT2D eigenvalue weighted by Crippen LogP contribution is -2.11. The summed E-state index contributed by atoms with van der Waals surface area (Å²) in [5, 5.41) is 4.30. The van der Waals surface area contributed by atoms with Crippen LogP contribution in [0.2, 0.25) is 0 Å². The highest BCUT2D eigenvalue weighted by atomic mass is 16.3. The van der Waals surface area contributed by atoms with Crippen LogP contribution in [0.15, 0.2) is 217 Å². The Morgan fingerprint density at radius 3 is 1.51 bits per heavy atom. The van der Waals surface area contributed by atoms with Crippen molar-refractivity contribution < 1.29 is 4.42 Å². The summed E-state index contributed by atoms with van der Waals surface area (Å²) in [6.45, 7) is 0. The Morgan fingerprint density at radius 1 is 0.382 bits per heavy atom. The highest BCUT2D eigenvalue weighted by Crippen LogP contribution is 2.47. The molecular weight excluding hydrogens is 671 g/mol. The fraction of sp³-hybridized carbons (Fsp3) is 0. The molecule has 0 unspecified atom stereocenters. The van der Waals surface area contributed by atoms with Crippen LogP contribution in [0.5, 0.6) is 0 Å². The first-order chi connectivity index (χ1) is 27.3. The number of hydrogen-bond donors (Lipinski definition) is 0. The second-order valence-electron chi connectivity index (χ2n) is 13.6. The summed E-state index contributed by atoms with van der Waals surface area (Å²) in [4.78, 5) is 9.80. The number of nitrogens with zero attached hydrogens (tertiary/aromatic N) is 3. The van der Waals surface area contributed by atoms with Crippen molar-refractivity contribution in [3.05, 3.63) is 212 Å². The summed E-state index contributed by atoms with van der Waals surface area (Å²) in [5.41, 5.74) is 11.2. The molecule has 0 aliphatic carbocycles. The number of hydrogen-bond acceptors (Lipinski definition) is 4. The number of benzene rings is 9. The van der Waals surface area contributed by atoms with Crippen LogP contribution >= 0.6 is 0 Å². The highest BCUT2D eigenvalue weighted by molar-refractivity contribution is 6.23. The summed E-state index contributed by atoms with van der Waals surface area (Å²) in [5.74, 6) is 0.599. The van der Waals surface area contributed by atoms with Crippen LogP contribution < -0.4 is 9.80 Å². The van der Waals surface area contributed by atoms with Gasteiger partial charge in [-0.1, -0.05) is 140 Å². The van der Waals surface area contributed by atoms with Gasteiger partial charge in [0, 0.05) is 44.6 Å². The second kappa shape index (κ2) is 13.8. The molecule has 10 aromatic rings. The van der Waals surface area contributed by atoms with Gasteiger partial charge in [0.25, 0.3) is 0 Å². The van der Waals surface area contributed by atoms with Gasteiger partial charge >= 0.3 is 0 Å². The van der Waals surface area contributed by atoms with Gasteiger partial charge in [0.05, 0.1) is 11.4 Å². The summed E-state index contributed by atoms with van der Waals surface area (Å²) in [7, 11) is 0. The molecule has 260 valence electrons. The third kappa shape index (κ3) is 5.87. The zero-order valence-corrected chi connectivity index (χ0v) is 30.0. The summed E-state index contributed by atoms with van der Waals surface area (Å²) >= 11 is 0. The summed E-state index contributed by atoms with van der Waals surface area (Å²) < 4.78 is 6.76. The van der Waals surface area contributed by atoms with Gasteiger partial charge < -0.3 is 14.2 Å². The molecule has 0 aliphatic heterocycles. The van der Waals surface area contributed by atoms with Crippen molar-refractivity contribution in [3.63, 3.8) is 0 Å². The molecule has 0 spiro atoms. The molecule has 0 atom stereocenters. The minimum atomic E-state index is 0.599. The minimum absolute atomic E-state index is 0.599. The number of fused-ring (bicyclic) bond motifs is 5. The number of anilines is 6. The van der Waals surface area contributed by atoms with Crippen molar-refractivity contribution in [2.75, 3.05) is 9.80 Å².